The van der Waals surface area contributed by atoms with Crippen LogP contribution in [0.1, 0.15) is 11.7 Å². The van der Waals surface area contributed by atoms with E-state index in [0.29, 0.717) is 17.0 Å². The Morgan fingerprint density at radius 1 is 0.778 bits per heavy atom. The average Bonchev–Trinajstić information content (AvgIpc) is 2.67. The fourth-order valence-corrected chi connectivity index (χ4v) is 2.49. The summed E-state index contributed by atoms with van der Waals surface area (Å²) in [6.07, 6.45) is -0.909. The van der Waals surface area contributed by atoms with Crippen molar-refractivity contribution in [2.24, 2.45) is 0 Å². The molecular weight excluding hydrogens is 352 g/mol. The van der Waals surface area contributed by atoms with Crippen molar-refractivity contribution in [1.82, 2.24) is 0 Å². The number of benzene rings is 3. The Balaban J connectivity index is 1.81. The van der Waals surface area contributed by atoms with Crippen LogP contribution in [-0.4, -0.2) is 12.5 Å². The van der Waals surface area contributed by atoms with Gasteiger partial charge in [-0.2, -0.15) is 8.78 Å². The van der Waals surface area contributed by atoms with Gasteiger partial charge in [-0.1, -0.05) is 54.6 Å². The molecule has 0 heterocycles. The zero-order valence-electron chi connectivity index (χ0n) is 14.2. The number of amides is 1. The van der Waals surface area contributed by atoms with Gasteiger partial charge in [0.1, 0.15) is 11.5 Å². The maximum atomic E-state index is 12.8. The number of carbonyl (C=O) groups excluding carboxylic acids is 1. The van der Waals surface area contributed by atoms with Gasteiger partial charge in [0, 0.05) is 17.3 Å². The fourth-order valence-electron chi connectivity index (χ4n) is 2.49. The van der Waals surface area contributed by atoms with Crippen molar-refractivity contribution < 1.29 is 23.0 Å². The molecule has 4 nitrogen and oxygen atoms in total. The molecule has 3 rings (SSSR count). The number of nitrogens with one attached hydrogen (secondary N) is 1. The third kappa shape index (κ3) is 5.28. The van der Waals surface area contributed by atoms with Crippen LogP contribution in [0.5, 0.6) is 11.5 Å². The number of halogens is 2. The molecule has 0 saturated heterocycles. The molecule has 0 radical (unpaired) electrons. The van der Waals surface area contributed by atoms with Crippen molar-refractivity contribution in [3.8, 4) is 11.5 Å². The van der Waals surface area contributed by atoms with Crippen LogP contribution in [0.15, 0.2) is 84.9 Å². The lowest BCUT2D eigenvalue weighted by Gasteiger charge is -2.19. The van der Waals surface area contributed by atoms with E-state index in [4.69, 9.17) is 4.74 Å². The maximum Gasteiger partial charge on any atom is 0.387 e. The van der Waals surface area contributed by atoms with Crippen LogP contribution < -0.4 is 14.8 Å². The van der Waals surface area contributed by atoms with Gasteiger partial charge in [-0.3, -0.25) is 4.79 Å². The van der Waals surface area contributed by atoms with Gasteiger partial charge in [0.05, 0.1) is 0 Å². The molecule has 1 amide bonds. The highest BCUT2D eigenvalue weighted by Gasteiger charge is 2.23. The van der Waals surface area contributed by atoms with Gasteiger partial charge in [0.2, 0.25) is 6.10 Å². The number of ether oxygens (including phenoxy) is 2. The standard InChI is InChI=1S/C21H17F2NO3/c22-21(23)27-18-13-7-10-16(14-18)24-20(25)19(15-8-3-1-4-9-15)26-17-11-5-2-6-12-17/h1-14,19,21H,(H,24,25). The van der Waals surface area contributed by atoms with Gasteiger partial charge in [-0.05, 0) is 24.3 Å². The quantitative estimate of drug-likeness (QED) is 0.634. The Morgan fingerprint density at radius 3 is 2.07 bits per heavy atom. The van der Waals surface area contributed by atoms with Gasteiger partial charge in [0.25, 0.3) is 5.91 Å². The van der Waals surface area contributed by atoms with Crippen molar-refractivity contribution in [1.29, 1.82) is 0 Å². The van der Waals surface area contributed by atoms with Crippen LogP contribution in [-0.2, 0) is 4.79 Å². The van der Waals surface area contributed by atoms with E-state index in [1.807, 2.05) is 12.1 Å². The van der Waals surface area contributed by atoms with Crippen LogP contribution in [0.3, 0.4) is 0 Å². The summed E-state index contributed by atoms with van der Waals surface area (Å²) in [4.78, 5) is 12.8. The number of anilines is 1. The molecule has 27 heavy (non-hydrogen) atoms. The van der Waals surface area contributed by atoms with Gasteiger partial charge in [0.15, 0.2) is 0 Å². The molecule has 138 valence electrons. The van der Waals surface area contributed by atoms with E-state index in [-0.39, 0.29) is 5.75 Å². The molecule has 0 spiro atoms. The van der Waals surface area contributed by atoms with Crippen LogP contribution in [0.25, 0.3) is 0 Å². The summed E-state index contributed by atoms with van der Waals surface area (Å²) in [5.74, 6) is 0.0681. The first-order valence-electron chi connectivity index (χ1n) is 8.24. The lowest BCUT2D eigenvalue weighted by Crippen LogP contribution is -2.25. The van der Waals surface area contributed by atoms with Crippen LogP contribution in [0.2, 0.25) is 0 Å². The van der Waals surface area contributed by atoms with Gasteiger partial charge in [-0.25, -0.2) is 0 Å². The molecular formula is C21H17F2NO3. The largest absolute Gasteiger partial charge is 0.476 e. The van der Waals surface area contributed by atoms with E-state index >= 15 is 0 Å². The number of alkyl halides is 2. The summed E-state index contributed by atoms with van der Waals surface area (Å²) >= 11 is 0. The molecule has 1 atom stereocenters. The topological polar surface area (TPSA) is 47.6 Å². The molecule has 3 aromatic rings. The summed E-state index contributed by atoms with van der Waals surface area (Å²) < 4.78 is 35.0. The molecule has 0 aliphatic heterocycles. The zero-order valence-corrected chi connectivity index (χ0v) is 14.2. The minimum atomic E-state index is -2.94. The second-order valence-corrected chi connectivity index (χ2v) is 5.62. The molecule has 0 aliphatic carbocycles. The third-order valence-corrected chi connectivity index (χ3v) is 3.66. The van der Waals surface area contributed by atoms with Crippen LogP contribution in [0.4, 0.5) is 14.5 Å². The number of para-hydroxylation sites is 1. The van der Waals surface area contributed by atoms with Crippen molar-refractivity contribution in [2.45, 2.75) is 12.7 Å². The van der Waals surface area contributed by atoms with Crippen molar-refractivity contribution in [3.63, 3.8) is 0 Å². The molecule has 0 aromatic heterocycles. The summed E-state index contributed by atoms with van der Waals surface area (Å²) in [5, 5.41) is 2.69. The Kier molecular flexibility index (Phi) is 5.99. The van der Waals surface area contributed by atoms with E-state index in [0.717, 1.165) is 0 Å². The number of hydrogen-bond donors (Lipinski definition) is 1. The molecule has 6 heteroatoms. The minimum absolute atomic E-state index is 0.0389. The Bertz CT molecular complexity index is 873. The third-order valence-electron chi connectivity index (χ3n) is 3.66. The predicted molar refractivity (Wildman–Crippen MR) is 98.0 cm³/mol. The first-order valence-corrected chi connectivity index (χ1v) is 8.24. The van der Waals surface area contributed by atoms with Crippen molar-refractivity contribution in [3.05, 3.63) is 90.5 Å². The molecule has 0 aliphatic rings. The lowest BCUT2D eigenvalue weighted by atomic mass is 10.1. The zero-order chi connectivity index (χ0) is 19.1. The average molecular weight is 369 g/mol. The maximum absolute atomic E-state index is 12.8. The number of carbonyl (C=O) groups is 1. The summed E-state index contributed by atoms with van der Waals surface area (Å²) in [6, 6.07) is 23.8. The first-order chi connectivity index (χ1) is 13.1. The Morgan fingerprint density at radius 2 is 1.41 bits per heavy atom. The highest BCUT2D eigenvalue weighted by atomic mass is 19.3. The molecule has 0 saturated carbocycles. The molecule has 0 bridgehead atoms. The molecule has 0 fully saturated rings. The molecule has 1 N–H and O–H groups in total. The highest BCUT2D eigenvalue weighted by Crippen LogP contribution is 2.25. The number of hydrogen-bond acceptors (Lipinski definition) is 3. The van der Waals surface area contributed by atoms with E-state index in [1.54, 1.807) is 54.6 Å². The van der Waals surface area contributed by atoms with Gasteiger partial charge < -0.3 is 14.8 Å². The van der Waals surface area contributed by atoms with Crippen molar-refractivity contribution >= 4 is 11.6 Å². The summed E-state index contributed by atoms with van der Waals surface area (Å²) in [7, 11) is 0. The van der Waals surface area contributed by atoms with E-state index < -0.39 is 18.6 Å². The molecule has 1 unspecified atom stereocenters. The fraction of sp³-hybridized carbons (Fsp3) is 0.0952. The van der Waals surface area contributed by atoms with Crippen molar-refractivity contribution in [2.75, 3.05) is 5.32 Å². The summed E-state index contributed by atoms with van der Waals surface area (Å²) in [5.41, 5.74) is 0.995. The SMILES string of the molecule is O=C(Nc1cccc(OC(F)F)c1)C(Oc1ccccc1)c1ccccc1. The van der Waals surface area contributed by atoms with E-state index in [2.05, 4.69) is 10.1 Å². The van der Waals surface area contributed by atoms with E-state index in [1.165, 1.54) is 18.2 Å². The minimum Gasteiger partial charge on any atom is -0.476 e. The van der Waals surface area contributed by atoms with E-state index in [9.17, 15) is 13.6 Å². The van der Waals surface area contributed by atoms with Crippen LogP contribution >= 0.6 is 0 Å². The van der Waals surface area contributed by atoms with Gasteiger partial charge >= 0.3 is 6.61 Å². The van der Waals surface area contributed by atoms with Crippen LogP contribution in [0, 0.1) is 0 Å². The second-order valence-electron chi connectivity index (χ2n) is 5.62. The monoisotopic (exact) mass is 369 g/mol. The second kappa shape index (κ2) is 8.80. The number of rotatable bonds is 7. The highest BCUT2D eigenvalue weighted by molar-refractivity contribution is 5.95. The predicted octanol–water partition coefficient (Wildman–Crippen LogP) is 5.05. The Hall–Kier alpha value is -3.41. The first kappa shape index (κ1) is 18.4. The summed E-state index contributed by atoms with van der Waals surface area (Å²) in [6.45, 7) is -2.94. The normalized spacial score (nSPS) is 11.7. The Labute approximate surface area is 155 Å². The lowest BCUT2D eigenvalue weighted by molar-refractivity contribution is -0.123. The molecule has 3 aromatic carbocycles. The smallest absolute Gasteiger partial charge is 0.387 e. The van der Waals surface area contributed by atoms with Gasteiger partial charge in [-0.15, -0.1) is 0 Å².